The summed E-state index contributed by atoms with van der Waals surface area (Å²) in [5.41, 5.74) is 0.330. The summed E-state index contributed by atoms with van der Waals surface area (Å²) < 4.78 is 36.6. The van der Waals surface area contributed by atoms with E-state index >= 15 is 0 Å². The summed E-state index contributed by atoms with van der Waals surface area (Å²) in [6.45, 7) is -1.46. The zero-order chi connectivity index (χ0) is 14.8. The molecule has 1 N–H and O–H groups in total. The van der Waals surface area contributed by atoms with Crippen LogP contribution in [0.3, 0.4) is 0 Å². The van der Waals surface area contributed by atoms with Crippen molar-refractivity contribution in [1.82, 2.24) is 10.3 Å². The summed E-state index contributed by atoms with van der Waals surface area (Å²) in [7, 11) is 0. The van der Waals surface area contributed by atoms with Crippen molar-refractivity contribution in [2.45, 2.75) is 12.6 Å². The van der Waals surface area contributed by atoms with Gasteiger partial charge in [-0.25, -0.2) is 5.01 Å². The second-order valence-electron chi connectivity index (χ2n) is 4.11. The zero-order valence-electron chi connectivity index (χ0n) is 10.1. The predicted octanol–water partition coefficient (Wildman–Crippen LogP) is 1.52. The van der Waals surface area contributed by atoms with Crippen LogP contribution in [0, 0.1) is 0 Å². The number of carbonyl (C=O) groups excluding carboxylic acids is 2. The van der Waals surface area contributed by atoms with Gasteiger partial charge < -0.3 is 5.32 Å². The van der Waals surface area contributed by atoms with E-state index in [9.17, 15) is 22.8 Å². The van der Waals surface area contributed by atoms with Gasteiger partial charge in [0.25, 0.3) is 11.8 Å². The molecule has 0 fully saturated rings. The van der Waals surface area contributed by atoms with E-state index in [1.807, 2.05) is 0 Å². The lowest BCUT2D eigenvalue weighted by Gasteiger charge is -2.13. The Balaban J connectivity index is 2.02. The second kappa shape index (κ2) is 5.32. The minimum atomic E-state index is -4.53. The van der Waals surface area contributed by atoms with E-state index in [-0.39, 0.29) is 12.3 Å². The monoisotopic (exact) mass is 285 g/mol. The molecule has 0 saturated carbocycles. The Morgan fingerprint density at radius 1 is 1.30 bits per heavy atom. The largest absolute Gasteiger partial charge is 0.408 e. The number of alkyl halides is 3. The topological polar surface area (TPSA) is 61.8 Å². The van der Waals surface area contributed by atoms with Crippen LogP contribution in [-0.4, -0.2) is 35.4 Å². The molecule has 0 unspecified atom stereocenters. The molecule has 1 aromatic rings. The Labute approximate surface area is 112 Å². The first-order valence-corrected chi connectivity index (χ1v) is 5.66. The molecular formula is C12H10F3N3O2. The Morgan fingerprint density at radius 3 is 2.55 bits per heavy atom. The van der Waals surface area contributed by atoms with E-state index in [0.717, 1.165) is 0 Å². The maximum atomic E-state index is 12.2. The van der Waals surface area contributed by atoms with Crippen LogP contribution in [0.4, 0.5) is 13.2 Å². The Bertz CT molecular complexity index is 555. The normalized spacial score (nSPS) is 15.2. The third-order valence-electron chi connectivity index (χ3n) is 2.47. The van der Waals surface area contributed by atoms with E-state index in [0.29, 0.717) is 10.6 Å². The van der Waals surface area contributed by atoms with Crippen LogP contribution in [0.2, 0.25) is 0 Å². The van der Waals surface area contributed by atoms with E-state index in [2.05, 4.69) is 10.4 Å². The SMILES string of the molecule is O=C(NC1=NN(CC(F)(F)F)C(=O)C1)c1ccccc1. The highest BCUT2D eigenvalue weighted by Gasteiger charge is 2.36. The number of amidine groups is 1. The molecule has 0 saturated heterocycles. The molecule has 0 aromatic heterocycles. The molecule has 20 heavy (non-hydrogen) atoms. The van der Waals surface area contributed by atoms with Crippen LogP contribution in [0.15, 0.2) is 35.4 Å². The minimum absolute atomic E-state index is 0.0897. The number of hydrogen-bond donors (Lipinski definition) is 1. The van der Waals surface area contributed by atoms with Crippen molar-refractivity contribution >= 4 is 17.6 Å². The molecule has 0 spiro atoms. The third kappa shape index (κ3) is 3.56. The van der Waals surface area contributed by atoms with Gasteiger partial charge >= 0.3 is 6.18 Å². The quantitative estimate of drug-likeness (QED) is 0.895. The number of halogens is 3. The van der Waals surface area contributed by atoms with Gasteiger partial charge in [-0.15, -0.1) is 0 Å². The van der Waals surface area contributed by atoms with E-state index in [1.165, 1.54) is 0 Å². The fraction of sp³-hybridized carbons (Fsp3) is 0.250. The van der Waals surface area contributed by atoms with Crippen molar-refractivity contribution in [2.24, 2.45) is 5.10 Å². The molecule has 0 aliphatic carbocycles. The number of nitrogens with zero attached hydrogens (tertiary/aromatic N) is 2. The number of nitrogens with one attached hydrogen (secondary N) is 1. The maximum Gasteiger partial charge on any atom is 0.408 e. The summed E-state index contributed by atoms with van der Waals surface area (Å²) >= 11 is 0. The zero-order valence-corrected chi connectivity index (χ0v) is 10.1. The number of rotatable bonds is 2. The highest BCUT2D eigenvalue weighted by molar-refractivity contribution is 6.13. The highest BCUT2D eigenvalue weighted by atomic mass is 19.4. The Hall–Kier alpha value is -2.38. The Kier molecular flexibility index (Phi) is 3.73. The number of amides is 2. The number of hydrazone groups is 1. The van der Waals surface area contributed by atoms with Crippen molar-refractivity contribution in [3.8, 4) is 0 Å². The van der Waals surface area contributed by atoms with E-state index in [4.69, 9.17) is 0 Å². The van der Waals surface area contributed by atoms with E-state index < -0.39 is 24.5 Å². The lowest BCUT2D eigenvalue weighted by molar-refractivity contribution is -0.159. The summed E-state index contributed by atoms with van der Waals surface area (Å²) in [6, 6.07) is 8.09. The molecule has 0 atom stereocenters. The molecule has 2 rings (SSSR count). The lowest BCUT2D eigenvalue weighted by Crippen LogP contribution is -2.32. The molecule has 8 heteroatoms. The number of carbonyl (C=O) groups is 2. The van der Waals surface area contributed by atoms with Crippen LogP contribution >= 0.6 is 0 Å². The summed E-state index contributed by atoms with van der Waals surface area (Å²) in [5.74, 6) is -1.41. The molecule has 2 amide bonds. The van der Waals surface area contributed by atoms with Crippen molar-refractivity contribution in [3.05, 3.63) is 35.9 Å². The van der Waals surface area contributed by atoms with Gasteiger partial charge in [0.15, 0.2) is 0 Å². The maximum absolute atomic E-state index is 12.2. The number of hydrogen-bond acceptors (Lipinski definition) is 3. The average molecular weight is 285 g/mol. The van der Waals surface area contributed by atoms with E-state index in [1.54, 1.807) is 30.3 Å². The Morgan fingerprint density at radius 2 is 1.95 bits per heavy atom. The van der Waals surface area contributed by atoms with Gasteiger partial charge in [0.05, 0.1) is 6.42 Å². The van der Waals surface area contributed by atoms with Crippen molar-refractivity contribution < 1.29 is 22.8 Å². The van der Waals surface area contributed by atoms with Gasteiger partial charge in [0, 0.05) is 5.56 Å². The van der Waals surface area contributed by atoms with Crippen LogP contribution in [0.5, 0.6) is 0 Å². The number of benzene rings is 1. The fourth-order valence-electron chi connectivity index (χ4n) is 1.63. The highest BCUT2D eigenvalue weighted by Crippen LogP contribution is 2.19. The third-order valence-corrected chi connectivity index (χ3v) is 2.47. The van der Waals surface area contributed by atoms with Gasteiger partial charge in [0.2, 0.25) is 0 Å². The van der Waals surface area contributed by atoms with Gasteiger partial charge in [0.1, 0.15) is 12.4 Å². The molecule has 1 aliphatic rings. The summed E-state index contributed by atoms with van der Waals surface area (Å²) in [5, 5.41) is 6.10. The van der Waals surface area contributed by atoms with Crippen LogP contribution in [0.1, 0.15) is 16.8 Å². The van der Waals surface area contributed by atoms with Crippen molar-refractivity contribution in [3.63, 3.8) is 0 Å². The molecule has 1 aliphatic heterocycles. The van der Waals surface area contributed by atoms with Crippen molar-refractivity contribution in [1.29, 1.82) is 0 Å². The van der Waals surface area contributed by atoms with Gasteiger partial charge in [-0.05, 0) is 12.1 Å². The van der Waals surface area contributed by atoms with Crippen molar-refractivity contribution in [2.75, 3.05) is 6.54 Å². The molecular weight excluding hydrogens is 275 g/mol. The molecule has 0 radical (unpaired) electrons. The van der Waals surface area contributed by atoms with Gasteiger partial charge in [-0.3, -0.25) is 9.59 Å². The standard InChI is InChI=1S/C12H10F3N3O2/c13-12(14,15)7-18-10(19)6-9(17-18)16-11(20)8-4-2-1-3-5-8/h1-5H,6-7H2,(H,16,17,20). The van der Waals surface area contributed by atoms with Crippen LogP contribution in [0.25, 0.3) is 0 Å². The first-order valence-electron chi connectivity index (χ1n) is 5.66. The molecule has 1 aromatic carbocycles. The van der Waals surface area contributed by atoms with Gasteiger partial charge in [-0.2, -0.15) is 18.3 Å². The molecule has 0 bridgehead atoms. The lowest BCUT2D eigenvalue weighted by atomic mass is 10.2. The molecule has 106 valence electrons. The van der Waals surface area contributed by atoms with Gasteiger partial charge in [-0.1, -0.05) is 18.2 Å². The van der Waals surface area contributed by atoms with Crippen LogP contribution in [-0.2, 0) is 4.79 Å². The minimum Gasteiger partial charge on any atom is -0.308 e. The summed E-state index contributed by atoms with van der Waals surface area (Å²) in [4.78, 5) is 23.1. The molecule has 5 nitrogen and oxygen atoms in total. The second-order valence-corrected chi connectivity index (χ2v) is 4.11. The average Bonchev–Trinajstić information content (AvgIpc) is 2.68. The first kappa shape index (κ1) is 14.0. The predicted molar refractivity (Wildman–Crippen MR) is 63.7 cm³/mol. The summed E-state index contributed by atoms with van der Waals surface area (Å²) in [6.07, 6.45) is -4.88. The smallest absolute Gasteiger partial charge is 0.308 e. The first-order chi connectivity index (χ1) is 9.35. The fourth-order valence-corrected chi connectivity index (χ4v) is 1.63. The molecule has 1 heterocycles. The van der Waals surface area contributed by atoms with Crippen LogP contribution < -0.4 is 5.32 Å².